The van der Waals surface area contributed by atoms with E-state index in [2.05, 4.69) is 20.6 Å². The Hall–Kier alpha value is -3.56. The highest BCUT2D eigenvalue weighted by molar-refractivity contribution is 5.92. The summed E-state index contributed by atoms with van der Waals surface area (Å²) in [7, 11) is 1.45. The monoisotopic (exact) mass is 401 g/mol. The zero-order valence-electron chi connectivity index (χ0n) is 16.9. The SMILES string of the molecule is COc1c(C(=O)On2nnc3ccccc32)[nH]c(CNC(=O)OC(C)(C)C)c1C. The van der Waals surface area contributed by atoms with Crippen molar-refractivity contribution < 1.29 is 23.9 Å². The number of hydrogen-bond donors (Lipinski definition) is 2. The van der Waals surface area contributed by atoms with Gasteiger partial charge in [0.1, 0.15) is 16.6 Å². The summed E-state index contributed by atoms with van der Waals surface area (Å²) in [6.45, 7) is 7.21. The summed E-state index contributed by atoms with van der Waals surface area (Å²) in [6, 6.07) is 7.09. The minimum atomic E-state index is -0.705. The Bertz CT molecular complexity index is 1050. The highest BCUT2D eigenvalue weighted by Crippen LogP contribution is 2.27. The molecular weight excluding hydrogens is 378 g/mol. The third kappa shape index (κ3) is 4.48. The van der Waals surface area contributed by atoms with Crippen LogP contribution in [-0.4, -0.2) is 44.9 Å². The van der Waals surface area contributed by atoms with Crippen LogP contribution in [0.3, 0.4) is 0 Å². The fourth-order valence-corrected chi connectivity index (χ4v) is 2.72. The van der Waals surface area contributed by atoms with E-state index in [0.717, 1.165) is 4.85 Å². The number of para-hydroxylation sites is 1. The van der Waals surface area contributed by atoms with Crippen LogP contribution in [0.25, 0.3) is 11.0 Å². The number of carbonyl (C=O) groups excluding carboxylic acids is 2. The van der Waals surface area contributed by atoms with E-state index in [4.69, 9.17) is 14.3 Å². The number of ether oxygens (including phenoxy) is 2. The van der Waals surface area contributed by atoms with E-state index in [-0.39, 0.29) is 12.2 Å². The molecular formula is C19H23N5O5. The first-order valence-electron chi connectivity index (χ1n) is 8.95. The molecule has 1 amide bonds. The number of fused-ring (bicyclic) bond motifs is 1. The molecule has 0 saturated carbocycles. The molecule has 3 aromatic rings. The average molecular weight is 401 g/mol. The van der Waals surface area contributed by atoms with E-state index in [9.17, 15) is 9.59 Å². The van der Waals surface area contributed by atoms with Crippen LogP contribution in [0.15, 0.2) is 24.3 Å². The first-order chi connectivity index (χ1) is 13.7. The maximum atomic E-state index is 12.7. The van der Waals surface area contributed by atoms with Crippen molar-refractivity contribution in [1.29, 1.82) is 0 Å². The standard InChI is InChI=1S/C19H23N5O5/c1-11-13(10-20-18(26)28-19(2,3)4)21-15(16(11)27-5)17(25)29-24-14-9-7-6-8-12(14)22-23-24/h6-9,21H,10H2,1-5H3,(H,20,26). The van der Waals surface area contributed by atoms with Gasteiger partial charge in [-0.15, -0.1) is 5.10 Å². The van der Waals surface area contributed by atoms with Gasteiger partial charge in [-0.3, -0.25) is 0 Å². The molecule has 0 aliphatic heterocycles. The van der Waals surface area contributed by atoms with Crippen LogP contribution >= 0.6 is 0 Å². The zero-order valence-corrected chi connectivity index (χ0v) is 16.9. The van der Waals surface area contributed by atoms with Gasteiger partial charge in [0.15, 0.2) is 11.4 Å². The van der Waals surface area contributed by atoms with Gasteiger partial charge in [0.2, 0.25) is 0 Å². The molecule has 1 aromatic carbocycles. The van der Waals surface area contributed by atoms with Crippen molar-refractivity contribution in [2.24, 2.45) is 0 Å². The molecule has 10 heteroatoms. The third-order valence-electron chi connectivity index (χ3n) is 4.00. The molecule has 154 valence electrons. The zero-order chi connectivity index (χ0) is 21.2. The van der Waals surface area contributed by atoms with Gasteiger partial charge in [-0.2, -0.15) is 0 Å². The number of rotatable bonds is 5. The molecule has 0 spiro atoms. The van der Waals surface area contributed by atoms with Gasteiger partial charge < -0.3 is 24.6 Å². The summed E-state index contributed by atoms with van der Waals surface area (Å²) in [4.78, 5) is 33.9. The van der Waals surface area contributed by atoms with Crippen LogP contribution in [0.4, 0.5) is 4.79 Å². The number of benzene rings is 1. The van der Waals surface area contributed by atoms with Gasteiger partial charge in [0, 0.05) is 11.3 Å². The molecule has 0 aliphatic rings. The first-order valence-corrected chi connectivity index (χ1v) is 8.95. The second-order valence-electron chi connectivity index (χ2n) is 7.32. The Morgan fingerprint density at radius 2 is 1.97 bits per heavy atom. The summed E-state index contributed by atoms with van der Waals surface area (Å²) in [5.74, 6) is -0.385. The molecule has 0 aliphatic carbocycles. The number of carbonyl (C=O) groups is 2. The van der Waals surface area contributed by atoms with Gasteiger partial charge in [0.05, 0.1) is 13.7 Å². The number of nitrogens with zero attached hydrogens (tertiary/aromatic N) is 3. The van der Waals surface area contributed by atoms with Gasteiger partial charge >= 0.3 is 12.1 Å². The van der Waals surface area contributed by atoms with Gasteiger partial charge in [-0.1, -0.05) is 17.0 Å². The van der Waals surface area contributed by atoms with Crippen molar-refractivity contribution in [2.45, 2.75) is 39.8 Å². The summed E-state index contributed by atoms with van der Waals surface area (Å²) in [5, 5.41) is 10.4. The minimum Gasteiger partial charge on any atom is -0.494 e. The Labute approximate surface area is 167 Å². The Morgan fingerprint density at radius 3 is 2.66 bits per heavy atom. The highest BCUT2D eigenvalue weighted by atomic mass is 16.7. The maximum Gasteiger partial charge on any atom is 0.407 e. The fraction of sp³-hybridized carbons (Fsp3) is 0.368. The van der Waals surface area contributed by atoms with Crippen LogP contribution in [0.1, 0.15) is 42.5 Å². The van der Waals surface area contributed by atoms with Crippen LogP contribution in [0.5, 0.6) is 5.75 Å². The van der Waals surface area contributed by atoms with Gasteiger partial charge in [-0.05, 0) is 45.0 Å². The van der Waals surface area contributed by atoms with E-state index >= 15 is 0 Å². The molecule has 2 heterocycles. The Morgan fingerprint density at radius 1 is 1.24 bits per heavy atom. The molecule has 0 radical (unpaired) electrons. The second-order valence-corrected chi connectivity index (χ2v) is 7.32. The van der Waals surface area contributed by atoms with Gasteiger partial charge in [-0.25, -0.2) is 9.59 Å². The van der Waals surface area contributed by atoms with Crippen LogP contribution in [-0.2, 0) is 11.3 Å². The van der Waals surface area contributed by atoms with Crippen LogP contribution in [0, 0.1) is 6.92 Å². The summed E-state index contributed by atoms with van der Waals surface area (Å²) >= 11 is 0. The Balaban J connectivity index is 1.77. The average Bonchev–Trinajstić information content (AvgIpc) is 3.19. The van der Waals surface area contributed by atoms with Crippen molar-refractivity contribution >= 4 is 23.1 Å². The van der Waals surface area contributed by atoms with E-state index in [1.165, 1.54) is 7.11 Å². The lowest BCUT2D eigenvalue weighted by molar-refractivity contribution is 0.0398. The fourth-order valence-electron chi connectivity index (χ4n) is 2.72. The minimum absolute atomic E-state index is 0.102. The molecule has 10 nitrogen and oxygen atoms in total. The van der Waals surface area contributed by atoms with E-state index in [1.807, 2.05) is 6.07 Å². The molecule has 0 saturated heterocycles. The highest BCUT2D eigenvalue weighted by Gasteiger charge is 2.24. The molecule has 3 rings (SSSR count). The summed E-state index contributed by atoms with van der Waals surface area (Å²) in [6.07, 6.45) is -0.566. The van der Waals surface area contributed by atoms with Crippen molar-refractivity contribution in [3.05, 3.63) is 41.2 Å². The molecule has 0 unspecified atom stereocenters. The van der Waals surface area contributed by atoms with E-state index < -0.39 is 17.7 Å². The number of hydrogen-bond acceptors (Lipinski definition) is 7. The van der Waals surface area contributed by atoms with E-state index in [1.54, 1.807) is 45.9 Å². The number of aromatic amines is 1. The number of alkyl carbamates (subject to hydrolysis) is 1. The third-order valence-corrected chi connectivity index (χ3v) is 4.00. The van der Waals surface area contributed by atoms with Crippen molar-refractivity contribution in [1.82, 2.24) is 25.5 Å². The first kappa shape index (κ1) is 20.2. The number of aromatic nitrogens is 4. The molecule has 29 heavy (non-hydrogen) atoms. The summed E-state index contributed by atoms with van der Waals surface area (Å²) < 4.78 is 10.6. The molecule has 2 aromatic heterocycles. The van der Waals surface area contributed by atoms with Gasteiger partial charge in [0.25, 0.3) is 0 Å². The Kier molecular flexibility index (Phi) is 5.44. The number of nitrogens with one attached hydrogen (secondary N) is 2. The number of H-pyrrole nitrogens is 1. The van der Waals surface area contributed by atoms with Crippen molar-refractivity contribution in [3.63, 3.8) is 0 Å². The van der Waals surface area contributed by atoms with Crippen molar-refractivity contribution in [3.8, 4) is 5.75 Å². The van der Waals surface area contributed by atoms with E-state index in [0.29, 0.717) is 28.0 Å². The molecule has 2 N–H and O–H groups in total. The predicted octanol–water partition coefficient (Wildman–Crippen LogP) is 2.37. The largest absolute Gasteiger partial charge is 0.494 e. The molecule has 0 fully saturated rings. The van der Waals surface area contributed by atoms with Crippen LogP contribution in [0.2, 0.25) is 0 Å². The number of methoxy groups -OCH3 is 1. The summed E-state index contributed by atoms with van der Waals surface area (Å²) in [5.41, 5.74) is 1.89. The number of amides is 1. The normalized spacial score (nSPS) is 11.3. The topological polar surface area (TPSA) is 120 Å². The molecule has 0 bridgehead atoms. The quantitative estimate of drug-likeness (QED) is 0.630. The van der Waals surface area contributed by atoms with Crippen molar-refractivity contribution in [2.75, 3.05) is 7.11 Å². The molecule has 0 atom stereocenters. The lowest BCUT2D eigenvalue weighted by atomic mass is 10.2. The lowest BCUT2D eigenvalue weighted by Crippen LogP contribution is -2.32. The van der Waals surface area contributed by atoms with Crippen LogP contribution < -0.4 is 14.9 Å². The second kappa shape index (κ2) is 7.82. The maximum absolute atomic E-state index is 12.7. The predicted molar refractivity (Wildman–Crippen MR) is 104 cm³/mol. The smallest absolute Gasteiger partial charge is 0.407 e. The lowest BCUT2D eigenvalue weighted by Gasteiger charge is -2.19.